The van der Waals surface area contributed by atoms with Gasteiger partial charge in [0.25, 0.3) is 0 Å². The lowest BCUT2D eigenvalue weighted by Crippen LogP contribution is -2.40. The summed E-state index contributed by atoms with van der Waals surface area (Å²) in [4.78, 5) is 26.0. The van der Waals surface area contributed by atoms with E-state index < -0.39 is 11.8 Å². The number of carbonyl (C=O) groups is 2. The maximum Gasteiger partial charge on any atom is 0.313 e. The number of benzene rings is 1. The third kappa shape index (κ3) is 4.70. The third-order valence-corrected chi connectivity index (χ3v) is 3.64. The monoisotopic (exact) mass is 329 g/mol. The molecule has 6 nitrogen and oxygen atoms in total. The van der Waals surface area contributed by atoms with Crippen molar-refractivity contribution in [2.75, 3.05) is 26.0 Å². The molecule has 0 spiro atoms. The van der Waals surface area contributed by atoms with Crippen molar-refractivity contribution in [3.63, 3.8) is 0 Å². The maximum absolute atomic E-state index is 12.0. The predicted octanol–water partition coefficient (Wildman–Crippen LogP) is 2.25. The number of likely N-dealkylation sites (N-methyl/N-ethyl adjacent to an activating group) is 1. The highest BCUT2D eigenvalue weighted by Gasteiger charge is 2.20. The van der Waals surface area contributed by atoms with Gasteiger partial charge in [-0.1, -0.05) is 6.07 Å². The Morgan fingerprint density at radius 1 is 1.12 bits per heavy atom. The molecule has 1 heterocycles. The van der Waals surface area contributed by atoms with E-state index in [4.69, 9.17) is 4.42 Å². The van der Waals surface area contributed by atoms with Crippen molar-refractivity contribution in [2.24, 2.45) is 0 Å². The Kier molecular flexibility index (Phi) is 5.76. The molecule has 128 valence electrons. The summed E-state index contributed by atoms with van der Waals surface area (Å²) in [5, 5.41) is 5.27. The van der Waals surface area contributed by atoms with E-state index in [9.17, 15) is 9.59 Å². The minimum atomic E-state index is -0.683. The molecule has 1 aromatic carbocycles. The van der Waals surface area contributed by atoms with Gasteiger partial charge in [-0.05, 0) is 63.3 Å². The summed E-state index contributed by atoms with van der Waals surface area (Å²) in [6.07, 6.45) is 1.58. The lowest BCUT2D eigenvalue weighted by atomic mass is 10.1. The van der Waals surface area contributed by atoms with Crippen LogP contribution in [0.1, 0.15) is 22.9 Å². The van der Waals surface area contributed by atoms with Crippen LogP contribution in [0.25, 0.3) is 0 Å². The smallest absolute Gasteiger partial charge is 0.313 e. The second kappa shape index (κ2) is 7.79. The first-order valence-electron chi connectivity index (χ1n) is 7.74. The average molecular weight is 329 g/mol. The van der Waals surface area contributed by atoms with Crippen molar-refractivity contribution in [3.05, 3.63) is 53.5 Å². The van der Waals surface area contributed by atoms with Crippen molar-refractivity contribution in [1.29, 1.82) is 0 Å². The Morgan fingerprint density at radius 2 is 1.79 bits per heavy atom. The molecular formula is C18H23N3O3. The summed E-state index contributed by atoms with van der Waals surface area (Å²) in [5.74, 6) is -0.625. The van der Waals surface area contributed by atoms with Gasteiger partial charge in [0.2, 0.25) is 0 Å². The number of anilines is 1. The lowest BCUT2D eigenvalue weighted by Gasteiger charge is -2.22. The quantitative estimate of drug-likeness (QED) is 0.825. The van der Waals surface area contributed by atoms with Crippen LogP contribution in [0.5, 0.6) is 0 Å². The molecule has 0 aliphatic carbocycles. The molecule has 24 heavy (non-hydrogen) atoms. The molecule has 0 saturated heterocycles. The second-order valence-electron chi connectivity index (χ2n) is 6.04. The van der Waals surface area contributed by atoms with E-state index in [1.165, 1.54) is 0 Å². The zero-order chi connectivity index (χ0) is 17.7. The molecule has 0 bridgehead atoms. The van der Waals surface area contributed by atoms with Gasteiger partial charge in [-0.15, -0.1) is 0 Å². The van der Waals surface area contributed by atoms with Gasteiger partial charge in [-0.2, -0.15) is 0 Å². The number of amides is 2. The molecule has 1 aromatic heterocycles. The minimum absolute atomic E-state index is 0.141. The summed E-state index contributed by atoms with van der Waals surface area (Å²) in [5.41, 5.74) is 2.66. The van der Waals surface area contributed by atoms with Gasteiger partial charge in [0.05, 0.1) is 12.3 Å². The number of furan rings is 1. The average Bonchev–Trinajstić information content (AvgIpc) is 2.99. The van der Waals surface area contributed by atoms with Crippen LogP contribution in [0.15, 0.2) is 41.0 Å². The summed E-state index contributed by atoms with van der Waals surface area (Å²) in [6.45, 7) is 4.15. The number of carbonyl (C=O) groups excluding carboxylic acids is 2. The molecule has 6 heteroatoms. The van der Waals surface area contributed by atoms with Crippen LogP contribution in [0.2, 0.25) is 0 Å². The van der Waals surface area contributed by atoms with Crippen molar-refractivity contribution < 1.29 is 14.0 Å². The van der Waals surface area contributed by atoms with Crippen LogP contribution in [0.3, 0.4) is 0 Å². The first-order chi connectivity index (χ1) is 11.4. The number of nitrogens with zero attached hydrogens (tertiary/aromatic N) is 1. The Hall–Kier alpha value is -2.60. The topological polar surface area (TPSA) is 74.6 Å². The second-order valence-corrected chi connectivity index (χ2v) is 6.04. The Labute approximate surface area is 141 Å². The van der Waals surface area contributed by atoms with Gasteiger partial charge in [-0.25, -0.2) is 0 Å². The van der Waals surface area contributed by atoms with Crippen molar-refractivity contribution in [3.8, 4) is 0 Å². The van der Waals surface area contributed by atoms with Crippen LogP contribution >= 0.6 is 0 Å². The summed E-state index contributed by atoms with van der Waals surface area (Å²) < 4.78 is 5.38. The fraction of sp³-hybridized carbons (Fsp3) is 0.333. The van der Waals surface area contributed by atoms with Crippen molar-refractivity contribution >= 4 is 17.5 Å². The molecule has 2 N–H and O–H groups in total. The number of hydrogen-bond acceptors (Lipinski definition) is 4. The van der Waals surface area contributed by atoms with E-state index in [2.05, 4.69) is 10.6 Å². The van der Waals surface area contributed by atoms with Gasteiger partial charge >= 0.3 is 11.8 Å². The van der Waals surface area contributed by atoms with Gasteiger partial charge in [-0.3, -0.25) is 14.5 Å². The zero-order valence-corrected chi connectivity index (χ0v) is 14.4. The normalized spacial score (nSPS) is 12.0. The van der Waals surface area contributed by atoms with E-state index >= 15 is 0 Å². The first-order valence-corrected chi connectivity index (χ1v) is 7.74. The molecule has 0 fully saturated rings. The summed E-state index contributed by atoms with van der Waals surface area (Å²) in [7, 11) is 3.77. The number of nitrogens with one attached hydrogen (secondary N) is 2. The fourth-order valence-corrected chi connectivity index (χ4v) is 2.52. The summed E-state index contributed by atoms with van der Waals surface area (Å²) >= 11 is 0. The largest absolute Gasteiger partial charge is 0.468 e. The Morgan fingerprint density at radius 3 is 2.33 bits per heavy atom. The highest BCUT2D eigenvalue weighted by atomic mass is 16.3. The van der Waals surface area contributed by atoms with E-state index in [-0.39, 0.29) is 12.6 Å². The van der Waals surface area contributed by atoms with Crippen LogP contribution in [0, 0.1) is 13.8 Å². The predicted molar refractivity (Wildman–Crippen MR) is 92.7 cm³/mol. The fourth-order valence-electron chi connectivity index (χ4n) is 2.52. The van der Waals surface area contributed by atoms with Crippen molar-refractivity contribution in [1.82, 2.24) is 10.2 Å². The van der Waals surface area contributed by atoms with Crippen LogP contribution in [0.4, 0.5) is 5.69 Å². The molecule has 0 radical (unpaired) electrons. The molecule has 0 aliphatic rings. The van der Waals surface area contributed by atoms with Crippen LogP contribution < -0.4 is 10.6 Å². The molecule has 1 atom stereocenters. The van der Waals surface area contributed by atoms with E-state index in [1.54, 1.807) is 12.3 Å². The van der Waals surface area contributed by atoms with E-state index in [0.717, 1.165) is 16.9 Å². The number of aryl methyl sites for hydroxylation is 2. The van der Waals surface area contributed by atoms with Gasteiger partial charge in [0.15, 0.2) is 0 Å². The standard InChI is InChI=1S/C18H23N3O3/c1-12-8-13(2)10-14(9-12)20-18(23)17(22)19-11-15(21(3)4)16-6-5-7-24-16/h5-10,15H,11H2,1-4H3,(H,19,22)(H,20,23)/t15-/m0/s1. The molecule has 0 saturated carbocycles. The maximum atomic E-state index is 12.0. The SMILES string of the molecule is Cc1cc(C)cc(NC(=O)C(=O)NC[C@@H](c2ccco2)N(C)C)c1. The molecular weight excluding hydrogens is 306 g/mol. The van der Waals surface area contributed by atoms with Gasteiger partial charge < -0.3 is 15.1 Å². The molecule has 0 unspecified atom stereocenters. The third-order valence-electron chi connectivity index (χ3n) is 3.64. The number of hydrogen-bond donors (Lipinski definition) is 2. The highest BCUT2D eigenvalue weighted by Crippen LogP contribution is 2.17. The van der Waals surface area contributed by atoms with Crippen LogP contribution in [-0.2, 0) is 9.59 Å². The molecule has 2 aromatic rings. The summed E-state index contributed by atoms with van der Waals surface area (Å²) in [6, 6.07) is 9.14. The van der Waals surface area contributed by atoms with E-state index in [1.807, 2.05) is 57.1 Å². The molecule has 0 aliphatic heterocycles. The molecule has 2 rings (SSSR count). The van der Waals surface area contributed by atoms with Crippen LogP contribution in [-0.4, -0.2) is 37.4 Å². The zero-order valence-electron chi connectivity index (χ0n) is 14.4. The first kappa shape index (κ1) is 17.7. The number of rotatable bonds is 5. The lowest BCUT2D eigenvalue weighted by molar-refractivity contribution is -0.136. The van der Waals surface area contributed by atoms with E-state index in [0.29, 0.717) is 5.69 Å². The Bertz CT molecular complexity index is 688. The van der Waals surface area contributed by atoms with Crippen molar-refractivity contribution in [2.45, 2.75) is 19.9 Å². The van der Waals surface area contributed by atoms with Gasteiger partial charge in [0.1, 0.15) is 5.76 Å². The Balaban J connectivity index is 1.94. The van der Waals surface area contributed by atoms with Gasteiger partial charge in [0, 0.05) is 12.2 Å². The molecule has 2 amide bonds. The highest BCUT2D eigenvalue weighted by molar-refractivity contribution is 6.39. The minimum Gasteiger partial charge on any atom is -0.468 e.